The summed E-state index contributed by atoms with van der Waals surface area (Å²) in [6, 6.07) is 8.17. The fourth-order valence-electron chi connectivity index (χ4n) is 2.69. The van der Waals surface area contributed by atoms with Crippen molar-refractivity contribution in [2.45, 2.75) is 4.90 Å². The predicted molar refractivity (Wildman–Crippen MR) is 101 cm³/mol. The quantitative estimate of drug-likeness (QED) is 0.652. The average Bonchev–Trinajstić information content (AvgIpc) is 2.97. The highest BCUT2D eigenvalue weighted by molar-refractivity contribution is 8.18. The topological polar surface area (TPSA) is 56.1 Å². The van der Waals surface area contributed by atoms with Crippen molar-refractivity contribution in [3.05, 3.63) is 34.7 Å². The second-order valence-corrected chi connectivity index (χ2v) is 7.52. The number of rotatable bonds is 4. The molecule has 0 bridgehead atoms. The Kier molecular flexibility index (Phi) is 5.99. The van der Waals surface area contributed by atoms with E-state index < -0.39 is 0 Å². The van der Waals surface area contributed by atoms with Gasteiger partial charge in [-0.25, -0.2) is 0 Å². The number of aliphatic hydroxyl groups is 1. The number of thioether (sulfide) groups is 2. The summed E-state index contributed by atoms with van der Waals surface area (Å²) in [5, 5.41) is 9.80. The summed E-state index contributed by atoms with van der Waals surface area (Å²) in [6.45, 7) is 4.37. The molecule has 0 aromatic heterocycles. The van der Waals surface area contributed by atoms with E-state index >= 15 is 0 Å². The van der Waals surface area contributed by atoms with Crippen molar-refractivity contribution in [3.8, 4) is 0 Å². The third-order valence-corrected chi connectivity index (χ3v) is 5.87. The third-order valence-electron chi connectivity index (χ3n) is 4.08. The zero-order valence-corrected chi connectivity index (χ0v) is 15.3. The Bertz CT molecular complexity index is 650. The molecule has 2 aliphatic rings. The van der Waals surface area contributed by atoms with Crippen LogP contribution in [0.3, 0.4) is 0 Å². The summed E-state index contributed by atoms with van der Waals surface area (Å²) >= 11 is 3.16. The molecular formula is C17H21N3O2S2. The van der Waals surface area contributed by atoms with Crippen LogP contribution in [0.1, 0.15) is 5.56 Å². The van der Waals surface area contributed by atoms with Crippen LogP contribution in [0, 0.1) is 0 Å². The van der Waals surface area contributed by atoms with E-state index in [1.807, 2.05) is 24.5 Å². The van der Waals surface area contributed by atoms with Gasteiger partial charge in [-0.15, -0.1) is 11.8 Å². The van der Waals surface area contributed by atoms with Gasteiger partial charge in [0, 0.05) is 37.6 Å². The predicted octanol–water partition coefficient (Wildman–Crippen LogP) is 1.99. The van der Waals surface area contributed by atoms with Crippen LogP contribution in [0.4, 0.5) is 0 Å². The molecule has 24 heavy (non-hydrogen) atoms. The van der Waals surface area contributed by atoms with Gasteiger partial charge in [-0.05, 0) is 41.8 Å². The summed E-state index contributed by atoms with van der Waals surface area (Å²) in [6.07, 6.45) is 3.96. The molecule has 0 atom stereocenters. The largest absolute Gasteiger partial charge is 0.395 e. The molecule has 1 N–H and O–H groups in total. The number of benzene rings is 1. The molecule has 0 radical (unpaired) electrons. The first-order valence-corrected chi connectivity index (χ1v) is 9.98. The molecule has 2 heterocycles. The van der Waals surface area contributed by atoms with Crippen LogP contribution < -0.4 is 0 Å². The molecule has 7 heteroatoms. The number of amides is 1. The lowest BCUT2D eigenvalue weighted by molar-refractivity contribution is -0.113. The molecule has 1 fully saturated rings. The van der Waals surface area contributed by atoms with E-state index in [1.165, 1.54) is 16.7 Å². The van der Waals surface area contributed by atoms with E-state index in [4.69, 9.17) is 5.11 Å². The maximum atomic E-state index is 12.2. The number of β-amino-alcohol motifs (C(OH)–C–C–N with tert-alkyl or cyclic N) is 1. The van der Waals surface area contributed by atoms with Crippen LogP contribution in [0.5, 0.6) is 0 Å². The molecular weight excluding hydrogens is 342 g/mol. The van der Waals surface area contributed by atoms with Crippen LogP contribution in [0.15, 0.2) is 39.1 Å². The molecule has 0 saturated carbocycles. The van der Waals surface area contributed by atoms with E-state index in [9.17, 15) is 4.79 Å². The summed E-state index contributed by atoms with van der Waals surface area (Å²) in [7, 11) is 0. The highest BCUT2D eigenvalue weighted by atomic mass is 32.2. The normalized spacial score (nSPS) is 20.8. The van der Waals surface area contributed by atoms with Crippen molar-refractivity contribution in [1.82, 2.24) is 9.80 Å². The molecule has 0 spiro atoms. The van der Waals surface area contributed by atoms with E-state index in [-0.39, 0.29) is 12.5 Å². The molecule has 1 aromatic rings. The molecule has 1 saturated heterocycles. The van der Waals surface area contributed by atoms with E-state index in [0.717, 1.165) is 36.9 Å². The molecule has 0 aliphatic carbocycles. The highest BCUT2D eigenvalue weighted by Crippen LogP contribution is 2.31. The fraction of sp³-hybridized carbons (Fsp3) is 0.412. The maximum absolute atomic E-state index is 12.2. The van der Waals surface area contributed by atoms with Crippen molar-refractivity contribution in [1.29, 1.82) is 0 Å². The van der Waals surface area contributed by atoms with Crippen LogP contribution in [0.2, 0.25) is 0 Å². The number of piperazine rings is 1. The lowest BCUT2D eigenvalue weighted by Crippen LogP contribution is -2.48. The van der Waals surface area contributed by atoms with Crippen LogP contribution in [-0.4, -0.2) is 71.6 Å². The molecule has 1 amide bonds. The lowest BCUT2D eigenvalue weighted by Gasteiger charge is -2.34. The summed E-state index contributed by atoms with van der Waals surface area (Å²) in [4.78, 5) is 22.7. The SMILES string of the molecule is CSc1ccc(C=C2SC(N3CCN(CCO)CC3)=NC2=O)cc1. The van der Waals surface area contributed by atoms with Gasteiger partial charge in [-0.3, -0.25) is 9.69 Å². The monoisotopic (exact) mass is 363 g/mol. The van der Waals surface area contributed by atoms with E-state index in [2.05, 4.69) is 26.9 Å². The Morgan fingerprint density at radius 2 is 1.96 bits per heavy atom. The van der Waals surface area contributed by atoms with Gasteiger partial charge < -0.3 is 10.0 Å². The first-order valence-electron chi connectivity index (χ1n) is 7.94. The van der Waals surface area contributed by atoms with Gasteiger partial charge in [0.25, 0.3) is 5.91 Å². The number of aliphatic hydroxyl groups excluding tert-OH is 1. The van der Waals surface area contributed by atoms with Gasteiger partial charge >= 0.3 is 0 Å². The first kappa shape index (κ1) is 17.5. The number of amidine groups is 1. The van der Waals surface area contributed by atoms with Crippen molar-refractivity contribution in [2.24, 2.45) is 4.99 Å². The Labute approximate surface area is 150 Å². The Morgan fingerprint density at radius 1 is 1.25 bits per heavy atom. The number of carbonyl (C=O) groups is 1. The van der Waals surface area contributed by atoms with Crippen LogP contribution in [-0.2, 0) is 4.79 Å². The Balaban J connectivity index is 1.62. The molecule has 1 aromatic carbocycles. The number of hydrogen-bond acceptors (Lipinski definition) is 6. The summed E-state index contributed by atoms with van der Waals surface area (Å²) in [5.41, 5.74) is 1.02. The molecule has 128 valence electrons. The van der Waals surface area contributed by atoms with Crippen molar-refractivity contribution >= 4 is 40.7 Å². The van der Waals surface area contributed by atoms with Gasteiger partial charge in [-0.2, -0.15) is 4.99 Å². The number of aliphatic imine (C=N–C) groups is 1. The minimum Gasteiger partial charge on any atom is -0.395 e. The third kappa shape index (κ3) is 4.22. The van der Waals surface area contributed by atoms with Gasteiger partial charge in [0.2, 0.25) is 0 Å². The van der Waals surface area contributed by atoms with Crippen LogP contribution in [0.25, 0.3) is 6.08 Å². The smallest absolute Gasteiger partial charge is 0.286 e. The number of nitrogens with zero attached hydrogens (tertiary/aromatic N) is 3. The maximum Gasteiger partial charge on any atom is 0.286 e. The summed E-state index contributed by atoms with van der Waals surface area (Å²) < 4.78 is 0. The first-order chi connectivity index (χ1) is 11.7. The fourth-order valence-corrected chi connectivity index (χ4v) is 4.06. The number of carbonyl (C=O) groups excluding carboxylic acids is 1. The van der Waals surface area contributed by atoms with Crippen molar-refractivity contribution in [3.63, 3.8) is 0 Å². The minimum absolute atomic E-state index is 0.151. The second-order valence-electron chi connectivity index (χ2n) is 5.64. The molecule has 2 aliphatic heterocycles. The Morgan fingerprint density at radius 3 is 2.58 bits per heavy atom. The minimum atomic E-state index is -0.151. The summed E-state index contributed by atoms with van der Waals surface area (Å²) in [5.74, 6) is -0.151. The molecule has 0 unspecified atom stereocenters. The highest BCUT2D eigenvalue weighted by Gasteiger charge is 2.28. The molecule has 3 rings (SSSR count). The van der Waals surface area contributed by atoms with E-state index in [0.29, 0.717) is 11.4 Å². The number of hydrogen-bond donors (Lipinski definition) is 1. The van der Waals surface area contributed by atoms with Gasteiger partial charge in [0.05, 0.1) is 11.5 Å². The van der Waals surface area contributed by atoms with Gasteiger partial charge in [0.1, 0.15) is 0 Å². The van der Waals surface area contributed by atoms with E-state index in [1.54, 1.807) is 11.8 Å². The molecule has 5 nitrogen and oxygen atoms in total. The zero-order valence-electron chi connectivity index (χ0n) is 13.6. The van der Waals surface area contributed by atoms with Gasteiger partial charge in [0.15, 0.2) is 5.17 Å². The standard InChI is InChI=1S/C17H21N3O2S2/c1-23-14-4-2-13(3-5-14)12-15-16(22)18-17(24-15)20-8-6-19(7-9-20)10-11-21/h2-5,12,21H,6-11H2,1H3. The van der Waals surface area contributed by atoms with Crippen molar-refractivity contribution < 1.29 is 9.90 Å². The lowest BCUT2D eigenvalue weighted by atomic mass is 10.2. The zero-order chi connectivity index (χ0) is 16.9. The van der Waals surface area contributed by atoms with Gasteiger partial charge in [-0.1, -0.05) is 12.1 Å². The average molecular weight is 364 g/mol. The van der Waals surface area contributed by atoms with Crippen LogP contribution >= 0.6 is 23.5 Å². The Hall–Kier alpha value is -1.28. The second kappa shape index (κ2) is 8.20. The van der Waals surface area contributed by atoms with Crippen molar-refractivity contribution in [2.75, 3.05) is 45.6 Å².